The van der Waals surface area contributed by atoms with Crippen LogP contribution in [-0.2, 0) is 14.3 Å². The van der Waals surface area contributed by atoms with Gasteiger partial charge in [0.05, 0.1) is 6.54 Å². The molecule has 1 fully saturated rings. The van der Waals surface area contributed by atoms with Crippen LogP contribution in [0.4, 0.5) is 4.39 Å². The Kier molecular flexibility index (Phi) is 5.32. The summed E-state index contributed by atoms with van der Waals surface area (Å²) in [5.41, 5.74) is 0. The number of aliphatic carboxylic acids is 1. The van der Waals surface area contributed by atoms with Crippen LogP contribution in [0.5, 0.6) is 5.75 Å². The number of hydrogen-bond donors (Lipinski definition) is 2. The van der Waals surface area contributed by atoms with Crippen molar-refractivity contribution in [1.82, 2.24) is 5.32 Å². The van der Waals surface area contributed by atoms with E-state index in [1.165, 1.54) is 24.3 Å². The van der Waals surface area contributed by atoms with E-state index in [-0.39, 0.29) is 24.4 Å². The minimum Gasteiger partial charge on any atom is -0.489 e. The quantitative estimate of drug-likeness (QED) is 0.828. The van der Waals surface area contributed by atoms with Crippen molar-refractivity contribution < 1.29 is 28.6 Å². The van der Waals surface area contributed by atoms with Crippen LogP contribution >= 0.6 is 0 Å². The van der Waals surface area contributed by atoms with Crippen LogP contribution in [0.2, 0.25) is 0 Å². The van der Waals surface area contributed by atoms with Crippen molar-refractivity contribution >= 4 is 11.9 Å². The topological polar surface area (TPSA) is 84.9 Å². The molecule has 7 heteroatoms. The molecule has 0 aliphatic carbocycles. The van der Waals surface area contributed by atoms with Gasteiger partial charge < -0.3 is 19.9 Å². The van der Waals surface area contributed by atoms with Gasteiger partial charge in [-0.25, -0.2) is 9.18 Å². The lowest BCUT2D eigenvalue weighted by Gasteiger charge is -2.17. The second kappa shape index (κ2) is 7.22. The number of ether oxygens (including phenoxy) is 2. The summed E-state index contributed by atoms with van der Waals surface area (Å²) in [6, 6.07) is 5.59. The highest BCUT2D eigenvalue weighted by Crippen LogP contribution is 2.20. The summed E-state index contributed by atoms with van der Waals surface area (Å²) in [6.07, 6.45) is -1.25. The molecule has 0 saturated carbocycles. The highest BCUT2D eigenvalue weighted by Gasteiger charge is 2.34. The second-order valence-corrected chi connectivity index (χ2v) is 5.16. The number of hydrogen-bond acceptors (Lipinski definition) is 4. The summed E-state index contributed by atoms with van der Waals surface area (Å²) < 4.78 is 23.5. The summed E-state index contributed by atoms with van der Waals surface area (Å²) in [5.74, 6) is -1.24. The average molecular weight is 311 g/mol. The molecule has 1 aromatic rings. The minimum atomic E-state index is -1.05. The number of carbonyl (C=O) groups is 2. The van der Waals surface area contributed by atoms with Gasteiger partial charge in [-0.1, -0.05) is 0 Å². The third kappa shape index (κ3) is 4.42. The van der Waals surface area contributed by atoms with Crippen molar-refractivity contribution in [1.29, 1.82) is 0 Å². The van der Waals surface area contributed by atoms with Gasteiger partial charge in [0.25, 0.3) is 0 Å². The maximum atomic E-state index is 12.8. The maximum absolute atomic E-state index is 12.8. The van der Waals surface area contributed by atoms with Gasteiger partial charge in [-0.05, 0) is 44.0 Å². The lowest BCUT2D eigenvalue weighted by molar-refractivity contribution is -0.151. The number of nitrogens with one attached hydrogen (secondary N) is 1. The summed E-state index contributed by atoms with van der Waals surface area (Å²) in [4.78, 5) is 22.6. The smallest absolute Gasteiger partial charge is 0.332 e. The highest BCUT2D eigenvalue weighted by atomic mass is 19.1. The third-order valence-electron chi connectivity index (χ3n) is 3.30. The zero-order valence-electron chi connectivity index (χ0n) is 12.1. The van der Waals surface area contributed by atoms with Crippen molar-refractivity contribution in [3.63, 3.8) is 0 Å². The molecule has 1 unspecified atom stereocenters. The first-order valence-corrected chi connectivity index (χ1v) is 7.04. The monoisotopic (exact) mass is 311 g/mol. The molecule has 2 N–H and O–H groups in total. The van der Waals surface area contributed by atoms with Crippen LogP contribution < -0.4 is 10.1 Å². The zero-order chi connectivity index (χ0) is 16.1. The van der Waals surface area contributed by atoms with Gasteiger partial charge in [0.1, 0.15) is 23.8 Å². The molecule has 1 saturated heterocycles. The number of halogens is 1. The van der Waals surface area contributed by atoms with Crippen molar-refractivity contribution in [2.45, 2.75) is 38.1 Å². The molecule has 3 atom stereocenters. The molecule has 1 aromatic carbocycles. The van der Waals surface area contributed by atoms with Gasteiger partial charge >= 0.3 is 5.97 Å². The van der Waals surface area contributed by atoms with Crippen LogP contribution in [0, 0.1) is 5.82 Å². The summed E-state index contributed by atoms with van der Waals surface area (Å²) >= 11 is 0. The van der Waals surface area contributed by atoms with Crippen molar-refractivity contribution in [3.8, 4) is 5.75 Å². The number of amides is 1. The molecule has 22 heavy (non-hydrogen) atoms. The van der Waals surface area contributed by atoms with Crippen LogP contribution in [-0.4, -0.2) is 41.8 Å². The van der Waals surface area contributed by atoms with E-state index in [0.29, 0.717) is 18.6 Å². The SMILES string of the molecule is CC(CNC(=O)[C@@H]1CC[C@H](C(=O)O)O1)Oc1ccc(F)cc1. The van der Waals surface area contributed by atoms with E-state index in [1.54, 1.807) is 6.92 Å². The Labute approximate surface area is 127 Å². The molecule has 0 radical (unpaired) electrons. The fourth-order valence-electron chi connectivity index (χ4n) is 2.16. The van der Waals surface area contributed by atoms with Gasteiger partial charge in [-0.2, -0.15) is 0 Å². The molecular formula is C15H18FNO5. The van der Waals surface area contributed by atoms with E-state index >= 15 is 0 Å². The number of carboxylic acids is 1. The lowest BCUT2D eigenvalue weighted by Crippen LogP contribution is -2.40. The minimum absolute atomic E-state index is 0.244. The Hall–Kier alpha value is -2.15. The Morgan fingerprint density at radius 1 is 1.36 bits per heavy atom. The first-order valence-electron chi connectivity index (χ1n) is 7.04. The summed E-state index contributed by atoms with van der Waals surface area (Å²) in [5, 5.41) is 11.5. The average Bonchev–Trinajstić information content (AvgIpc) is 2.97. The zero-order valence-corrected chi connectivity index (χ0v) is 12.1. The first-order chi connectivity index (χ1) is 10.5. The summed E-state index contributed by atoms with van der Waals surface area (Å²) in [6.45, 7) is 2.01. The Bertz CT molecular complexity index is 533. The van der Waals surface area contributed by atoms with Crippen LogP contribution in [0.15, 0.2) is 24.3 Å². The van der Waals surface area contributed by atoms with E-state index in [0.717, 1.165) is 0 Å². The van der Waals surface area contributed by atoms with Crippen LogP contribution in [0.3, 0.4) is 0 Å². The molecule has 2 rings (SSSR count). The first kappa shape index (κ1) is 16.2. The second-order valence-electron chi connectivity index (χ2n) is 5.16. The molecule has 0 aromatic heterocycles. The third-order valence-corrected chi connectivity index (χ3v) is 3.30. The summed E-state index contributed by atoms with van der Waals surface area (Å²) in [7, 11) is 0. The largest absolute Gasteiger partial charge is 0.489 e. The van der Waals surface area contributed by atoms with Gasteiger partial charge in [-0.3, -0.25) is 4.79 Å². The number of carbonyl (C=O) groups excluding carboxylic acids is 1. The fraction of sp³-hybridized carbons (Fsp3) is 0.467. The predicted molar refractivity (Wildman–Crippen MR) is 75.0 cm³/mol. The Balaban J connectivity index is 1.74. The number of rotatable bonds is 6. The molecule has 1 aliphatic heterocycles. The van der Waals surface area contributed by atoms with Gasteiger partial charge in [0.15, 0.2) is 6.10 Å². The van der Waals surface area contributed by atoms with Crippen molar-refractivity contribution in [3.05, 3.63) is 30.1 Å². The van der Waals surface area contributed by atoms with E-state index in [9.17, 15) is 14.0 Å². The molecule has 1 heterocycles. The standard InChI is InChI=1S/C15H18FNO5/c1-9(21-11-4-2-10(16)3-5-11)8-17-14(18)12-6-7-13(22-12)15(19)20/h2-5,9,12-13H,6-8H2,1H3,(H,17,18)(H,19,20)/t9?,12-,13+/m0/s1. The van der Waals surface area contributed by atoms with Crippen LogP contribution in [0.1, 0.15) is 19.8 Å². The fourth-order valence-corrected chi connectivity index (χ4v) is 2.16. The maximum Gasteiger partial charge on any atom is 0.332 e. The van der Waals surface area contributed by atoms with Crippen molar-refractivity contribution in [2.24, 2.45) is 0 Å². The van der Waals surface area contributed by atoms with Gasteiger partial charge in [0.2, 0.25) is 5.91 Å². The molecule has 1 aliphatic rings. The molecule has 1 amide bonds. The normalized spacial score (nSPS) is 22.1. The van der Waals surface area contributed by atoms with Gasteiger partial charge in [-0.15, -0.1) is 0 Å². The molecule has 120 valence electrons. The van der Waals surface area contributed by atoms with E-state index in [4.69, 9.17) is 14.6 Å². The number of carboxylic acid groups (broad SMARTS) is 1. The number of benzene rings is 1. The van der Waals surface area contributed by atoms with Crippen LogP contribution in [0.25, 0.3) is 0 Å². The molecular weight excluding hydrogens is 293 g/mol. The van der Waals surface area contributed by atoms with E-state index in [1.807, 2.05) is 0 Å². The molecule has 0 spiro atoms. The Morgan fingerprint density at radius 3 is 2.59 bits per heavy atom. The van der Waals surface area contributed by atoms with E-state index in [2.05, 4.69) is 5.32 Å². The Morgan fingerprint density at radius 2 is 2.00 bits per heavy atom. The highest BCUT2D eigenvalue weighted by molar-refractivity contribution is 5.82. The van der Waals surface area contributed by atoms with Crippen molar-refractivity contribution in [2.75, 3.05) is 6.54 Å². The molecule has 6 nitrogen and oxygen atoms in total. The lowest BCUT2D eigenvalue weighted by atomic mass is 10.2. The van der Waals surface area contributed by atoms with Gasteiger partial charge in [0, 0.05) is 0 Å². The van der Waals surface area contributed by atoms with E-state index < -0.39 is 18.2 Å². The molecule has 0 bridgehead atoms. The predicted octanol–water partition coefficient (Wildman–Crippen LogP) is 1.34.